The zero-order valence-electron chi connectivity index (χ0n) is 15.5. The number of thioether (sulfide) groups is 1. The molecule has 3 N–H and O–H groups in total. The van der Waals surface area contributed by atoms with Crippen LogP contribution >= 0.6 is 35.7 Å². The van der Waals surface area contributed by atoms with Gasteiger partial charge in [-0.1, -0.05) is 20.3 Å². The smallest absolute Gasteiger partial charge is 0.191 e. The maximum absolute atomic E-state index is 10.6. The predicted octanol–water partition coefficient (Wildman–Crippen LogP) is 3.01. The quantitative estimate of drug-likeness (QED) is 0.176. The molecule has 0 aromatic heterocycles. The van der Waals surface area contributed by atoms with Gasteiger partial charge in [-0.3, -0.25) is 4.99 Å². The van der Waals surface area contributed by atoms with E-state index in [1.807, 2.05) is 11.8 Å². The number of guanidine groups is 1. The molecule has 2 unspecified atom stereocenters. The van der Waals surface area contributed by atoms with Crippen molar-refractivity contribution in [2.24, 2.45) is 4.99 Å². The molecule has 24 heavy (non-hydrogen) atoms. The summed E-state index contributed by atoms with van der Waals surface area (Å²) in [5.74, 6) is 1.84. The molecule has 1 fully saturated rings. The van der Waals surface area contributed by atoms with Crippen LogP contribution in [0, 0.1) is 0 Å². The number of nitrogens with one attached hydrogen (secondary N) is 2. The molecular weight excluding hydrogens is 437 g/mol. The average molecular weight is 473 g/mol. The summed E-state index contributed by atoms with van der Waals surface area (Å²) in [4.78, 5) is 4.58. The fraction of sp³-hybridized carbons (Fsp3) is 0.941. The summed E-state index contributed by atoms with van der Waals surface area (Å²) in [6, 6.07) is 0. The van der Waals surface area contributed by atoms with Gasteiger partial charge in [-0.25, -0.2) is 0 Å². The third-order valence-electron chi connectivity index (χ3n) is 4.06. The summed E-state index contributed by atoms with van der Waals surface area (Å²) in [5.41, 5.74) is -0.619. The Morgan fingerprint density at radius 3 is 2.58 bits per heavy atom. The van der Waals surface area contributed by atoms with Crippen molar-refractivity contribution in [3.63, 3.8) is 0 Å². The SMILES string of the molecule is CCCCOCCCNC(=NCC1(O)CCC1SCC)NCC.I. The van der Waals surface area contributed by atoms with E-state index in [1.165, 1.54) is 6.42 Å². The first-order valence-electron chi connectivity index (χ1n) is 9.10. The van der Waals surface area contributed by atoms with Crippen molar-refractivity contribution >= 4 is 41.7 Å². The highest BCUT2D eigenvalue weighted by atomic mass is 127. The molecule has 0 bridgehead atoms. The van der Waals surface area contributed by atoms with Gasteiger partial charge in [0.1, 0.15) is 0 Å². The van der Waals surface area contributed by atoms with E-state index in [0.717, 1.165) is 63.7 Å². The normalized spacial score (nSPS) is 23.3. The average Bonchev–Trinajstić information content (AvgIpc) is 2.55. The zero-order valence-corrected chi connectivity index (χ0v) is 18.6. The number of hydrogen-bond donors (Lipinski definition) is 3. The van der Waals surface area contributed by atoms with Gasteiger partial charge in [-0.2, -0.15) is 11.8 Å². The molecule has 0 aromatic rings. The third-order valence-corrected chi connectivity index (χ3v) is 5.47. The molecule has 0 spiro atoms. The largest absolute Gasteiger partial charge is 0.387 e. The van der Waals surface area contributed by atoms with E-state index in [4.69, 9.17) is 4.74 Å². The Hall–Kier alpha value is 0.270. The van der Waals surface area contributed by atoms with Crippen LogP contribution < -0.4 is 10.6 Å². The minimum atomic E-state index is -0.619. The number of nitrogens with zero attached hydrogens (tertiary/aromatic N) is 1. The lowest BCUT2D eigenvalue weighted by Crippen LogP contribution is -2.53. The van der Waals surface area contributed by atoms with Crippen LogP contribution in [0.15, 0.2) is 4.99 Å². The van der Waals surface area contributed by atoms with Crippen molar-refractivity contribution in [1.82, 2.24) is 10.6 Å². The minimum Gasteiger partial charge on any atom is -0.387 e. The van der Waals surface area contributed by atoms with Crippen LogP contribution in [0.5, 0.6) is 0 Å². The molecule has 1 saturated carbocycles. The van der Waals surface area contributed by atoms with Gasteiger partial charge in [0.25, 0.3) is 0 Å². The number of ether oxygens (including phenoxy) is 1. The van der Waals surface area contributed by atoms with Gasteiger partial charge in [-0.15, -0.1) is 24.0 Å². The summed E-state index contributed by atoms with van der Waals surface area (Å²) in [6.45, 7) is 10.1. The number of aliphatic hydroxyl groups is 1. The van der Waals surface area contributed by atoms with Gasteiger partial charge >= 0.3 is 0 Å². The van der Waals surface area contributed by atoms with Crippen molar-refractivity contribution in [3.05, 3.63) is 0 Å². The highest BCUT2D eigenvalue weighted by Crippen LogP contribution is 2.41. The Bertz CT molecular complexity index is 348. The molecule has 0 saturated heterocycles. The first-order chi connectivity index (χ1) is 11.2. The molecule has 144 valence electrons. The lowest BCUT2D eigenvalue weighted by Gasteiger charge is -2.44. The summed E-state index contributed by atoms with van der Waals surface area (Å²) in [5, 5.41) is 17.5. The molecule has 5 nitrogen and oxygen atoms in total. The molecule has 0 aromatic carbocycles. The highest BCUT2D eigenvalue weighted by molar-refractivity contribution is 14.0. The van der Waals surface area contributed by atoms with Gasteiger partial charge in [0.15, 0.2) is 5.96 Å². The fourth-order valence-corrected chi connectivity index (χ4v) is 3.69. The molecule has 1 aliphatic carbocycles. The van der Waals surface area contributed by atoms with Gasteiger partial charge in [0.05, 0.1) is 12.1 Å². The first-order valence-corrected chi connectivity index (χ1v) is 10.1. The van der Waals surface area contributed by atoms with Crippen molar-refractivity contribution < 1.29 is 9.84 Å². The van der Waals surface area contributed by atoms with Crippen LogP contribution in [0.25, 0.3) is 0 Å². The monoisotopic (exact) mass is 473 g/mol. The van der Waals surface area contributed by atoms with Crippen LogP contribution in [-0.2, 0) is 4.74 Å². The van der Waals surface area contributed by atoms with E-state index in [-0.39, 0.29) is 24.0 Å². The standard InChI is InChI=1S/C17H35N3O2S.HI/c1-4-7-12-22-13-8-11-19-16(18-5-2)20-14-17(21)10-9-15(17)23-6-3;/h15,21H,4-14H2,1-3H3,(H2,18,19,20);1H. The fourth-order valence-electron chi connectivity index (χ4n) is 2.50. The molecule has 1 rings (SSSR count). The van der Waals surface area contributed by atoms with E-state index >= 15 is 0 Å². The molecule has 0 amide bonds. The van der Waals surface area contributed by atoms with E-state index in [0.29, 0.717) is 11.8 Å². The number of halogens is 1. The van der Waals surface area contributed by atoms with Crippen LogP contribution in [0.1, 0.15) is 52.9 Å². The molecule has 7 heteroatoms. The lowest BCUT2D eigenvalue weighted by atomic mass is 9.79. The van der Waals surface area contributed by atoms with Crippen LogP contribution in [-0.4, -0.2) is 60.5 Å². The number of unbranched alkanes of at least 4 members (excludes halogenated alkanes) is 1. The molecule has 1 aliphatic rings. The third kappa shape index (κ3) is 9.10. The van der Waals surface area contributed by atoms with Gasteiger partial charge in [0, 0.05) is 31.6 Å². The first kappa shape index (κ1) is 24.3. The van der Waals surface area contributed by atoms with E-state index in [2.05, 4.69) is 36.4 Å². The summed E-state index contributed by atoms with van der Waals surface area (Å²) >= 11 is 1.84. The Kier molecular flexibility index (Phi) is 14.6. The molecule has 2 atom stereocenters. The zero-order chi connectivity index (χ0) is 17.0. The second-order valence-electron chi connectivity index (χ2n) is 6.03. The summed E-state index contributed by atoms with van der Waals surface area (Å²) in [6.07, 6.45) is 5.23. The van der Waals surface area contributed by atoms with Gasteiger partial charge < -0.3 is 20.5 Å². The van der Waals surface area contributed by atoms with Crippen molar-refractivity contribution in [2.45, 2.75) is 63.7 Å². The van der Waals surface area contributed by atoms with Crippen molar-refractivity contribution in [1.29, 1.82) is 0 Å². The van der Waals surface area contributed by atoms with E-state index in [1.54, 1.807) is 0 Å². The lowest BCUT2D eigenvalue weighted by molar-refractivity contribution is -0.0154. The predicted molar refractivity (Wildman–Crippen MR) is 116 cm³/mol. The Labute approximate surface area is 169 Å². The Morgan fingerprint density at radius 2 is 2.00 bits per heavy atom. The Morgan fingerprint density at radius 1 is 1.25 bits per heavy atom. The topological polar surface area (TPSA) is 65.9 Å². The van der Waals surface area contributed by atoms with Crippen LogP contribution in [0.3, 0.4) is 0 Å². The molecule has 0 aliphatic heterocycles. The van der Waals surface area contributed by atoms with Crippen molar-refractivity contribution in [3.8, 4) is 0 Å². The number of rotatable bonds is 12. The summed E-state index contributed by atoms with van der Waals surface area (Å²) in [7, 11) is 0. The second-order valence-corrected chi connectivity index (χ2v) is 7.51. The van der Waals surface area contributed by atoms with E-state index < -0.39 is 5.60 Å². The molecule has 0 radical (unpaired) electrons. The second kappa shape index (κ2) is 14.4. The maximum Gasteiger partial charge on any atom is 0.191 e. The van der Waals surface area contributed by atoms with Gasteiger partial charge in [-0.05, 0) is 38.4 Å². The highest BCUT2D eigenvalue weighted by Gasteiger charge is 2.45. The van der Waals surface area contributed by atoms with Crippen molar-refractivity contribution in [2.75, 3.05) is 38.6 Å². The molecular formula is C17H36IN3O2S. The minimum absolute atomic E-state index is 0. The maximum atomic E-state index is 10.6. The number of aliphatic imine (C=N–C) groups is 1. The van der Waals surface area contributed by atoms with Crippen LogP contribution in [0.4, 0.5) is 0 Å². The summed E-state index contributed by atoms with van der Waals surface area (Å²) < 4.78 is 5.55. The van der Waals surface area contributed by atoms with E-state index in [9.17, 15) is 5.11 Å². The molecule has 0 heterocycles. The van der Waals surface area contributed by atoms with Gasteiger partial charge in [0.2, 0.25) is 0 Å². The van der Waals surface area contributed by atoms with Crippen LogP contribution in [0.2, 0.25) is 0 Å². The Balaban J connectivity index is 0.00000529. The number of hydrogen-bond acceptors (Lipinski definition) is 4.